The number of fused-ring (bicyclic) bond motifs is 1. The number of phosphoric ester groups is 1. The zero-order valence-corrected chi connectivity index (χ0v) is 34.9. The van der Waals surface area contributed by atoms with E-state index < -0.39 is 56.9 Å². The predicted octanol–water partition coefficient (Wildman–Crippen LogP) is 7.49. The van der Waals surface area contributed by atoms with Crippen LogP contribution in [0.5, 0.6) is 0 Å². The fourth-order valence-electron chi connectivity index (χ4n) is 7.30. The highest BCUT2D eigenvalue weighted by Crippen LogP contribution is 2.46. The molecule has 3 heterocycles. The molecule has 1 aromatic carbocycles. The molecule has 15 nitrogen and oxygen atoms in total. The first kappa shape index (κ1) is 47.8. The number of nitrogen functional groups attached to an aromatic ring is 1. The number of unbranched alkanes of at least 4 members (excludes halogenated alkanes) is 14. The first-order valence-corrected chi connectivity index (χ1v) is 22.4. The number of carbonyl (C=O) groups excluding carboxylic acids is 1. The number of ether oxygens (including phenoxy) is 2. The number of aliphatic hydroxyl groups is 2. The Bertz CT molecular complexity index is 1900. The van der Waals surface area contributed by atoms with Crippen molar-refractivity contribution >= 4 is 24.9 Å². The van der Waals surface area contributed by atoms with Gasteiger partial charge in [0, 0.05) is 12.8 Å². The van der Waals surface area contributed by atoms with Crippen molar-refractivity contribution in [2.24, 2.45) is 0 Å². The lowest BCUT2D eigenvalue weighted by Crippen LogP contribution is -2.41. The van der Waals surface area contributed by atoms with Crippen molar-refractivity contribution in [2.45, 2.75) is 159 Å². The quantitative estimate of drug-likeness (QED) is 0.0392. The van der Waals surface area contributed by atoms with Crippen LogP contribution in [0.15, 0.2) is 36.7 Å². The van der Waals surface area contributed by atoms with Gasteiger partial charge in [-0.1, -0.05) is 96.8 Å². The largest absolute Gasteiger partial charge is 0.472 e. The maximum absolute atomic E-state index is 14.1. The number of hydrogen-bond acceptors (Lipinski definition) is 13. The van der Waals surface area contributed by atoms with Gasteiger partial charge in [0.25, 0.3) is 0 Å². The highest BCUT2D eigenvalue weighted by molar-refractivity contribution is 7.47. The van der Waals surface area contributed by atoms with Gasteiger partial charge >= 0.3 is 7.82 Å². The Kier molecular flexibility index (Phi) is 19.8. The molecule has 6 atom stereocenters. The summed E-state index contributed by atoms with van der Waals surface area (Å²) in [6.45, 7) is 0.797. The first-order chi connectivity index (χ1) is 28.4. The van der Waals surface area contributed by atoms with Gasteiger partial charge in [-0.3, -0.25) is 13.8 Å². The fraction of sp³-hybridized carbons (Fsp3) is 0.643. The van der Waals surface area contributed by atoms with Gasteiger partial charge in [-0.2, -0.15) is 15.6 Å². The molecule has 1 saturated heterocycles. The van der Waals surface area contributed by atoms with Crippen molar-refractivity contribution in [1.29, 1.82) is 10.5 Å². The van der Waals surface area contributed by atoms with Crippen LogP contribution in [0.1, 0.15) is 139 Å². The standard InChI is InChI=1S/C42H60FN6O9P/c1-2-3-4-5-6-7-8-9-10-11-12-13-14-15-16-17-34(50)18-19-35(55-26-32-22-31(25-44)23-33(43)24-32)27-56-59(53,54)57-28-37-39(51)40(52)42(29-45,58-37)38-21-20-36-41(46)47-30-48-49(36)38/h20-24,30,35,37,39-40,51-52H,2-19,26-28H2,1H3,(H,53,54)(H2,46,47,48)/t35-,37-,39-,40-,42+/m1/s1. The number of anilines is 1. The molecule has 59 heavy (non-hydrogen) atoms. The lowest BCUT2D eigenvalue weighted by molar-refractivity contribution is -0.120. The molecule has 17 heteroatoms. The maximum atomic E-state index is 14.1. The van der Waals surface area contributed by atoms with Gasteiger partial charge in [-0.15, -0.1) is 0 Å². The van der Waals surface area contributed by atoms with Gasteiger partial charge in [0.1, 0.15) is 47.8 Å². The molecule has 0 aliphatic carbocycles. The van der Waals surface area contributed by atoms with E-state index in [-0.39, 0.29) is 42.3 Å². The second-order valence-corrected chi connectivity index (χ2v) is 16.8. The van der Waals surface area contributed by atoms with E-state index in [1.807, 2.05) is 12.1 Å². The van der Waals surface area contributed by atoms with Crippen LogP contribution in [0.25, 0.3) is 5.52 Å². The van der Waals surface area contributed by atoms with Crippen LogP contribution in [-0.2, 0) is 40.1 Å². The van der Waals surface area contributed by atoms with E-state index in [0.717, 1.165) is 38.1 Å². The van der Waals surface area contributed by atoms with E-state index in [0.29, 0.717) is 17.5 Å². The number of nitrogens with two attached hydrogens (primary N) is 1. The summed E-state index contributed by atoms with van der Waals surface area (Å²) in [6, 6.07) is 10.4. The average molecular weight is 843 g/mol. The number of aromatic nitrogens is 3. The third-order valence-corrected chi connectivity index (χ3v) is 11.6. The monoisotopic (exact) mass is 842 g/mol. The van der Waals surface area contributed by atoms with E-state index in [9.17, 15) is 39.4 Å². The van der Waals surface area contributed by atoms with Gasteiger partial charge < -0.3 is 30.3 Å². The molecule has 1 fully saturated rings. The number of nitrogens with zero attached hydrogens (tertiary/aromatic N) is 5. The molecule has 324 valence electrons. The van der Waals surface area contributed by atoms with E-state index in [4.69, 9.17) is 24.3 Å². The predicted molar refractivity (Wildman–Crippen MR) is 217 cm³/mol. The summed E-state index contributed by atoms with van der Waals surface area (Å²) in [6.07, 6.45) is 14.2. The van der Waals surface area contributed by atoms with Crippen molar-refractivity contribution in [2.75, 3.05) is 18.9 Å². The number of ketones is 1. The topological polar surface area (TPSA) is 236 Å². The van der Waals surface area contributed by atoms with E-state index in [1.54, 1.807) is 0 Å². The molecule has 5 N–H and O–H groups in total. The molecule has 4 rings (SSSR count). The number of carbonyl (C=O) groups is 1. The molecular formula is C42H60FN6O9P. The molecule has 0 amide bonds. The average Bonchev–Trinajstić information content (AvgIpc) is 3.77. The number of rotatable bonds is 29. The fourth-order valence-corrected chi connectivity index (χ4v) is 8.06. The molecule has 2 aromatic heterocycles. The lowest BCUT2D eigenvalue weighted by Gasteiger charge is -2.24. The smallest absolute Gasteiger partial charge is 0.387 e. The SMILES string of the molecule is CCCCCCCCCCCCCCCCCC(=O)CC[C@H](COP(=O)(O)OC[C@H]1O[C@@](C#N)(c2ccc3c(N)ncnn23)[C@H](O)[C@@H]1O)OCc1cc(F)cc(C#N)c1. The zero-order valence-electron chi connectivity index (χ0n) is 34.1. The Hall–Kier alpha value is -3.83. The number of hydrogen-bond donors (Lipinski definition) is 4. The Morgan fingerprint density at radius 1 is 0.983 bits per heavy atom. The number of benzene rings is 1. The summed E-state index contributed by atoms with van der Waals surface area (Å²) in [7, 11) is -4.88. The van der Waals surface area contributed by atoms with Gasteiger partial charge in [-0.05, 0) is 48.7 Å². The summed E-state index contributed by atoms with van der Waals surface area (Å²) in [5.41, 5.74) is 4.54. The molecule has 0 spiro atoms. The first-order valence-electron chi connectivity index (χ1n) is 20.9. The van der Waals surface area contributed by atoms with Crippen molar-refractivity contribution in [3.8, 4) is 12.1 Å². The van der Waals surface area contributed by atoms with Gasteiger partial charge in [-0.25, -0.2) is 18.5 Å². The molecule has 1 aliphatic rings. The van der Waals surface area contributed by atoms with Crippen molar-refractivity contribution in [3.05, 3.63) is 59.3 Å². The molecular weight excluding hydrogens is 782 g/mol. The minimum atomic E-state index is -4.88. The minimum Gasteiger partial charge on any atom is -0.387 e. The summed E-state index contributed by atoms with van der Waals surface area (Å²) in [5.74, 6) is -0.529. The Balaban J connectivity index is 1.23. The number of phosphoric acid groups is 1. The molecule has 1 unspecified atom stereocenters. The second kappa shape index (κ2) is 24.4. The number of halogens is 1. The number of aliphatic hydroxyl groups excluding tert-OH is 2. The Morgan fingerprint density at radius 2 is 1.63 bits per heavy atom. The summed E-state index contributed by atoms with van der Waals surface area (Å²) < 4.78 is 50.5. The Labute approximate surface area is 346 Å². The second-order valence-electron chi connectivity index (χ2n) is 15.3. The van der Waals surface area contributed by atoms with Gasteiger partial charge in [0.15, 0.2) is 5.82 Å². The van der Waals surface area contributed by atoms with Crippen LogP contribution >= 0.6 is 7.82 Å². The van der Waals surface area contributed by atoms with Crippen molar-refractivity contribution in [3.63, 3.8) is 0 Å². The van der Waals surface area contributed by atoms with E-state index in [2.05, 4.69) is 17.0 Å². The van der Waals surface area contributed by atoms with Crippen molar-refractivity contribution in [1.82, 2.24) is 14.6 Å². The minimum absolute atomic E-state index is 0.00562. The van der Waals surface area contributed by atoms with Crippen LogP contribution in [0.4, 0.5) is 10.2 Å². The van der Waals surface area contributed by atoms with Gasteiger partial charge in [0.2, 0.25) is 5.60 Å². The number of nitriles is 2. The van der Waals surface area contributed by atoms with Crippen LogP contribution in [0, 0.1) is 28.5 Å². The third-order valence-electron chi connectivity index (χ3n) is 10.7. The van der Waals surface area contributed by atoms with E-state index in [1.165, 1.54) is 99.4 Å². The Morgan fingerprint density at radius 3 is 2.25 bits per heavy atom. The highest BCUT2D eigenvalue weighted by atomic mass is 31.2. The van der Waals surface area contributed by atoms with Crippen LogP contribution in [0.2, 0.25) is 0 Å². The molecule has 1 aliphatic heterocycles. The molecule has 0 radical (unpaired) electrons. The van der Waals surface area contributed by atoms with Crippen LogP contribution in [-0.4, -0.2) is 73.1 Å². The molecule has 0 bridgehead atoms. The molecule has 3 aromatic rings. The normalized spacial score (nSPS) is 20.6. The summed E-state index contributed by atoms with van der Waals surface area (Å²) in [5, 5.41) is 45.2. The third kappa shape index (κ3) is 14.7. The molecule has 0 saturated carbocycles. The van der Waals surface area contributed by atoms with E-state index >= 15 is 0 Å². The summed E-state index contributed by atoms with van der Waals surface area (Å²) in [4.78, 5) is 27.3. The summed E-state index contributed by atoms with van der Waals surface area (Å²) >= 11 is 0. The van der Waals surface area contributed by atoms with Crippen molar-refractivity contribution < 1.29 is 47.4 Å². The highest BCUT2D eigenvalue weighted by Gasteiger charge is 2.58. The number of Topliss-reactive ketones (excluding diaryl/α,β-unsaturated/α-hetero) is 1. The lowest BCUT2D eigenvalue weighted by atomic mass is 9.92. The maximum Gasteiger partial charge on any atom is 0.472 e. The van der Waals surface area contributed by atoms with Crippen LogP contribution < -0.4 is 5.73 Å². The van der Waals surface area contributed by atoms with Crippen LogP contribution in [0.3, 0.4) is 0 Å². The zero-order chi connectivity index (χ0) is 42.7. The van der Waals surface area contributed by atoms with Gasteiger partial charge in [0.05, 0.1) is 43.3 Å².